The Balaban J connectivity index is 1.44. The molecule has 1 aliphatic heterocycles. The van der Waals surface area contributed by atoms with Crippen LogP contribution >= 0.6 is 0 Å². The average Bonchev–Trinajstić information content (AvgIpc) is 3.18. The lowest BCUT2D eigenvalue weighted by Crippen LogP contribution is -2.54. The molecule has 2 aromatic rings. The predicted octanol–water partition coefficient (Wildman–Crippen LogP) is 4.80. The number of likely N-dealkylation sites (tertiary alicyclic amines) is 1. The van der Waals surface area contributed by atoms with Crippen molar-refractivity contribution >= 4 is 18.0 Å². The first-order valence-electron chi connectivity index (χ1n) is 12.5. The van der Waals surface area contributed by atoms with Gasteiger partial charge in [-0.15, -0.1) is 0 Å². The van der Waals surface area contributed by atoms with Crippen LogP contribution in [0.5, 0.6) is 0 Å². The molecule has 1 fully saturated rings. The van der Waals surface area contributed by atoms with Crippen molar-refractivity contribution in [3.8, 4) is 11.1 Å². The van der Waals surface area contributed by atoms with Crippen molar-refractivity contribution in [3.05, 3.63) is 59.7 Å². The zero-order chi connectivity index (χ0) is 24.9. The van der Waals surface area contributed by atoms with E-state index < -0.39 is 18.1 Å². The number of ether oxygens (including phenoxy) is 1. The Hall–Kier alpha value is -3.35. The molecule has 0 bridgehead atoms. The number of hydrogen-bond acceptors (Lipinski definition) is 4. The van der Waals surface area contributed by atoms with Crippen LogP contribution in [0.3, 0.4) is 0 Å². The van der Waals surface area contributed by atoms with Crippen molar-refractivity contribution in [2.45, 2.75) is 64.0 Å². The summed E-state index contributed by atoms with van der Waals surface area (Å²) < 4.78 is 5.62. The van der Waals surface area contributed by atoms with Gasteiger partial charge in [0.1, 0.15) is 12.6 Å². The molecule has 4 rings (SSSR count). The molecule has 2 N–H and O–H groups in total. The van der Waals surface area contributed by atoms with Gasteiger partial charge in [-0.25, -0.2) is 4.79 Å². The highest BCUT2D eigenvalue weighted by molar-refractivity contribution is 5.86. The number of fused-ring (bicyclic) bond motifs is 3. The van der Waals surface area contributed by atoms with Crippen LogP contribution < -0.4 is 5.32 Å². The molecule has 1 saturated heterocycles. The summed E-state index contributed by atoms with van der Waals surface area (Å²) in [5, 5.41) is 11.9. The number of carbonyl (C=O) groups is 3. The fourth-order valence-corrected chi connectivity index (χ4v) is 5.33. The van der Waals surface area contributed by atoms with Gasteiger partial charge in [0.2, 0.25) is 5.91 Å². The SMILES string of the molecule is CCC1CCC(C)N(C(=O)C(CCC(=O)O)NC(=O)OCC2c3ccccc3-c3ccccc32)C1. The zero-order valence-electron chi connectivity index (χ0n) is 20.4. The van der Waals surface area contributed by atoms with Crippen LogP contribution in [0.4, 0.5) is 4.79 Å². The van der Waals surface area contributed by atoms with Gasteiger partial charge >= 0.3 is 12.1 Å². The van der Waals surface area contributed by atoms with Crippen LogP contribution in [0, 0.1) is 5.92 Å². The normalized spacial score (nSPS) is 20.0. The van der Waals surface area contributed by atoms with Gasteiger partial charge in [0.05, 0.1) is 0 Å². The van der Waals surface area contributed by atoms with Crippen molar-refractivity contribution < 1.29 is 24.2 Å². The molecule has 1 heterocycles. The first-order chi connectivity index (χ1) is 16.9. The van der Waals surface area contributed by atoms with Crippen LogP contribution in [0.25, 0.3) is 11.1 Å². The van der Waals surface area contributed by atoms with Crippen molar-refractivity contribution in [3.63, 3.8) is 0 Å². The monoisotopic (exact) mass is 478 g/mol. The van der Waals surface area contributed by atoms with E-state index in [1.807, 2.05) is 43.3 Å². The van der Waals surface area contributed by atoms with E-state index in [0.717, 1.165) is 41.5 Å². The fraction of sp³-hybridized carbons (Fsp3) is 0.464. The molecule has 0 aromatic heterocycles. The van der Waals surface area contributed by atoms with Gasteiger partial charge in [0, 0.05) is 24.9 Å². The summed E-state index contributed by atoms with van der Waals surface area (Å²) in [6.45, 7) is 4.88. The number of carboxylic acid groups (broad SMARTS) is 1. The lowest BCUT2D eigenvalue weighted by molar-refractivity contribution is -0.139. The maximum atomic E-state index is 13.4. The fourth-order valence-electron chi connectivity index (χ4n) is 5.33. The van der Waals surface area contributed by atoms with Gasteiger partial charge in [0.25, 0.3) is 0 Å². The van der Waals surface area contributed by atoms with Gasteiger partial charge in [0.15, 0.2) is 0 Å². The van der Waals surface area contributed by atoms with Gasteiger partial charge < -0.3 is 20.1 Å². The number of carbonyl (C=O) groups excluding carboxylic acids is 2. The van der Waals surface area contributed by atoms with Crippen LogP contribution in [-0.4, -0.2) is 53.2 Å². The molecule has 2 aromatic carbocycles. The lowest BCUT2D eigenvalue weighted by Gasteiger charge is -2.39. The number of benzene rings is 2. The third kappa shape index (κ3) is 5.50. The van der Waals surface area contributed by atoms with Crippen LogP contribution in [0.2, 0.25) is 0 Å². The summed E-state index contributed by atoms with van der Waals surface area (Å²) in [4.78, 5) is 39.2. The Morgan fingerprint density at radius 3 is 2.29 bits per heavy atom. The number of hydrogen-bond donors (Lipinski definition) is 2. The number of piperidine rings is 1. The van der Waals surface area contributed by atoms with Gasteiger partial charge in [-0.05, 0) is 54.4 Å². The second kappa shape index (κ2) is 10.9. The molecule has 0 spiro atoms. The number of rotatable bonds is 8. The van der Waals surface area contributed by atoms with Gasteiger partial charge in [-0.1, -0.05) is 61.9 Å². The van der Waals surface area contributed by atoms with E-state index in [1.165, 1.54) is 0 Å². The number of nitrogens with one attached hydrogen (secondary N) is 1. The van der Waals surface area contributed by atoms with E-state index >= 15 is 0 Å². The van der Waals surface area contributed by atoms with E-state index in [9.17, 15) is 19.5 Å². The molecule has 186 valence electrons. The summed E-state index contributed by atoms with van der Waals surface area (Å²) in [6, 6.07) is 15.3. The Bertz CT molecular complexity index is 1040. The number of nitrogens with zero attached hydrogens (tertiary/aromatic N) is 1. The molecule has 3 unspecified atom stereocenters. The van der Waals surface area contributed by atoms with Crippen molar-refractivity contribution in [1.29, 1.82) is 0 Å². The molecule has 0 radical (unpaired) electrons. The molecule has 2 amide bonds. The topological polar surface area (TPSA) is 95.9 Å². The van der Waals surface area contributed by atoms with E-state index in [-0.39, 0.29) is 37.3 Å². The molecular weight excluding hydrogens is 444 g/mol. The third-order valence-electron chi connectivity index (χ3n) is 7.42. The summed E-state index contributed by atoms with van der Waals surface area (Å²) in [5.74, 6) is -0.904. The smallest absolute Gasteiger partial charge is 0.407 e. The minimum absolute atomic E-state index is 0.0262. The second-order valence-corrected chi connectivity index (χ2v) is 9.65. The van der Waals surface area contributed by atoms with Crippen molar-refractivity contribution in [1.82, 2.24) is 10.2 Å². The quantitative estimate of drug-likeness (QED) is 0.568. The highest BCUT2D eigenvalue weighted by Crippen LogP contribution is 2.44. The van der Waals surface area contributed by atoms with Crippen molar-refractivity contribution in [2.24, 2.45) is 5.92 Å². The Labute approximate surface area is 206 Å². The molecule has 7 heteroatoms. The Morgan fingerprint density at radius 2 is 1.69 bits per heavy atom. The van der Waals surface area contributed by atoms with E-state index in [4.69, 9.17) is 4.74 Å². The Kier molecular flexibility index (Phi) is 7.73. The maximum absolute atomic E-state index is 13.4. The Morgan fingerprint density at radius 1 is 1.06 bits per heavy atom. The van der Waals surface area contributed by atoms with E-state index in [1.54, 1.807) is 4.90 Å². The van der Waals surface area contributed by atoms with Crippen LogP contribution in [0.15, 0.2) is 48.5 Å². The summed E-state index contributed by atoms with van der Waals surface area (Å²) in [5.41, 5.74) is 4.48. The number of carboxylic acids is 1. The molecular formula is C28H34N2O5. The predicted molar refractivity (Wildman–Crippen MR) is 133 cm³/mol. The zero-order valence-corrected chi connectivity index (χ0v) is 20.4. The second-order valence-electron chi connectivity index (χ2n) is 9.65. The molecule has 1 aliphatic carbocycles. The van der Waals surface area contributed by atoms with Crippen LogP contribution in [-0.2, 0) is 14.3 Å². The molecule has 35 heavy (non-hydrogen) atoms. The first-order valence-corrected chi connectivity index (χ1v) is 12.5. The molecule has 7 nitrogen and oxygen atoms in total. The summed E-state index contributed by atoms with van der Waals surface area (Å²) >= 11 is 0. The third-order valence-corrected chi connectivity index (χ3v) is 7.42. The number of aliphatic carboxylic acids is 1. The van der Waals surface area contributed by atoms with Crippen LogP contribution in [0.1, 0.15) is 63.0 Å². The van der Waals surface area contributed by atoms with E-state index in [0.29, 0.717) is 12.5 Å². The number of amides is 2. The van der Waals surface area contributed by atoms with Crippen molar-refractivity contribution in [2.75, 3.05) is 13.2 Å². The average molecular weight is 479 g/mol. The highest BCUT2D eigenvalue weighted by atomic mass is 16.5. The minimum Gasteiger partial charge on any atom is -0.481 e. The standard InChI is InChI=1S/C28H34N2O5/c1-3-19-13-12-18(2)30(16-19)27(33)25(14-15-26(31)32)29-28(34)35-17-24-22-10-6-4-8-20(22)21-9-5-7-11-23(21)24/h4-11,18-19,24-25H,3,12-17H2,1-2H3,(H,29,34)(H,31,32). The summed E-state index contributed by atoms with van der Waals surface area (Å²) in [7, 11) is 0. The van der Waals surface area contributed by atoms with Gasteiger partial charge in [-0.2, -0.15) is 0 Å². The maximum Gasteiger partial charge on any atom is 0.407 e. The van der Waals surface area contributed by atoms with Gasteiger partial charge in [-0.3, -0.25) is 9.59 Å². The molecule has 0 saturated carbocycles. The minimum atomic E-state index is -1.00. The highest BCUT2D eigenvalue weighted by Gasteiger charge is 2.34. The summed E-state index contributed by atoms with van der Waals surface area (Å²) in [6.07, 6.45) is 2.07. The first kappa shape index (κ1) is 24.8. The molecule has 2 aliphatic rings. The van der Waals surface area contributed by atoms with E-state index in [2.05, 4.69) is 24.4 Å². The lowest BCUT2D eigenvalue weighted by atomic mass is 9.91. The molecule has 3 atom stereocenters. The number of alkyl carbamates (subject to hydrolysis) is 1. The largest absolute Gasteiger partial charge is 0.481 e.